The molecule has 168 valence electrons. The van der Waals surface area contributed by atoms with Crippen molar-refractivity contribution in [3.63, 3.8) is 0 Å². The normalized spacial score (nSPS) is 10.9. The molecule has 0 aliphatic rings. The molecular formula is C28H29N3O2. The van der Waals surface area contributed by atoms with Crippen LogP contribution in [0.2, 0.25) is 0 Å². The number of nitrogens with zero attached hydrogens (tertiary/aromatic N) is 1. The van der Waals surface area contributed by atoms with Crippen LogP contribution < -0.4 is 10.6 Å². The lowest BCUT2D eigenvalue weighted by Crippen LogP contribution is -2.13. The highest BCUT2D eigenvalue weighted by Gasteiger charge is 2.11. The third-order valence-corrected chi connectivity index (χ3v) is 5.51. The molecule has 0 aliphatic carbocycles. The number of hydrogen-bond donors (Lipinski definition) is 2. The second-order valence-electron chi connectivity index (χ2n) is 8.48. The van der Waals surface area contributed by atoms with Crippen molar-refractivity contribution in [2.75, 3.05) is 10.6 Å². The zero-order valence-electron chi connectivity index (χ0n) is 19.3. The van der Waals surface area contributed by atoms with Crippen molar-refractivity contribution >= 4 is 23.0 Å². The van der Waals surface area contributed by atoms with Crippen LogP contribution in [0.25, 0.3) is 11.3 Å². The molecule has 0 radical (unpaired) electrons. The van der Waals surface area contributed by atoms with Crippen LogP contribution in [0.4, 0.5) is 17.1 Å². The Labute approximate surface area is 194 Å². The van der Waals surface area contributed by atoms with Crippen molar-refractivity contribution in [3.8, 4) is 11.3 Å². The van der Waals surface area contributed by atoms with Gasteiger partial charge in [0.1, 0.15) is 0 Å². The molecule has 1 amide bonds. The third-order valence-electron chi connectivity index (χ3n) is 5.51. The second kappa shape index (κ2) is 10.2. The molecule has 0 atom stereocenters. The molecule has 0 fully saturated rings. The number of hydrogen-bond acceptors (Lipinski definition) is 4. The molecule has 3 aromatic carbocycles. The molecular weight excluding hydrogens is 410 g/mol. The van der Waals surface area contributed by atoms with Gasteiger partial charge in [0.15, 0.2) is 11.7 Å². The molecule has 0 spiro atoms. The quantitative estimate of drug-likeness (QED) is 0.308. The first-order valence-corrected chi connectivity index (χ1v) is 11.3. The number of aromatic nitrogens is 1. The van der Waals surface area contributed by atoms with Gasteiger partial charge in [-0.25, -0.2) is 4.98 Å². The van der Waals surface area contributed by atoms with Crippen molar-refractivity contribution in [1.82, 2.24) is 4.98 Å². The fraction of sp³-hybridized carbons (Fsp3) is 0.214. The van der Waals surface area contributed by atoms with Gasteiger partial charge in [-0.2, -0.15) is 0 Å². The van der Waals surface area contributed by atoms with E-state index in [4.69, 9.17) is 4.42 Å². The van der Waals surface area contributed by atoms with Gasteiger partial charge in [0.05, 0.1) is 17.6 Å². The Hall–Kier alpha value is -3.86. The van der Waals surface area contributed by atoms with Gasteiger partial charge in [-0.05, 0) is 42.7 Å². The van der Waals surface area contributed by atoms with Gasteiger partial charge in [-0.1, -0.05) is 67.9 Å². The Balaban J connectivity index is 1.35. The molecule has 5 nitrogen and oxygen atoms in total. The minimum atomic E-state index is -0.0887. The van der Waals surface area contributed by atoms with Crippen molar-refractivity contribution in [2.24, 2.45) is 0 Å². The highest BCUT2D eigenvalue weighted by Crippen LogP contribution is 2.26. The fourth-order valence-corrected chi connectivity index (χ4v) is 3.52. The van der Waals surface area contributed by atoms with E-state index in [1.165, 1.54) is 11.1 Å². The van der Waals surface area contributed by atoms with Gasteiger partial charge in [0.2, 0.25) is 5.91 Å². The predicted octanol–water partition coefficient (Wildman–Crippen LogP) is 7.09. The van der Waals surface area contributed by atoms with Crippen LogP contribution in [0.5, 0.6) is 0 Å². The van der Waals surface area contributed by atoms with Crippen LogP contribution >= 0.6 is 0 Å². The molecule has 0 saturated carbocycles. The topological polar surface area (TPSA) is 67.2 Å². The first kappa shape index (κ1) is 22.3. The van der Waals surface area contributed by atoms with E-state index in [1.54, 1.807) is 6.20 Å². The van der Waals surface area contributed by atoms with Crippen molar-refractivity contribution in [3.05, 3.63) is 96.0 Å². The van der Waals surface area contributed by atoms with Gasteiger partial charge in [0, 0.05) is 24.1 Å². The molecule has 5 heteroatoms. The average Bonchev–Trinajstić information content (AvgIpc) is 3.30. The Morgan fingerprint density at radius 2 is 1.64 bits per heavy atom. The molecule has 0 aliphatic heterocycles. The summed E-state index contributed by atoms with van der Waals surface area (Å²) in [5, 5.41) is 6.36. The van der Waals surface area contributed by atoms with Crippen LogP contribution in [0, 0.1) is 6.92 Å². The summed E-state index contributed by atoms with van der Waals surface area (Å²) in [5.41, 5.74) is 6.02. The van der Waals surface area contributed by atoms with Crippen molar-refractivity contribution in [2.45, 2.75) is 39.5 Å². The Morgan fingerprint density at radius 3 is 2.33 bits per heavy atom. The Morgan fingerprint density at radius 1 is 0.939 bits per heavy atom. The fourth-order valence-electron chi connectivity index (χ4n) is 3.52. The molecule has 0 saturated heterocycles. The Bertz CT molecular complexity index is 1210. The van der Waals surface area contributed by atoms with Gasteiger partial charge < -0.3 is 15.1 Å². The highest BCUT2D eigenvalue weighted by atomic mass is 16.4. The first-order chi connectivity index (χ1) is 16.0. The van der Waals surface area contributed by atoms with E-state index in [-0.39, 0.29) is 12.3 Å². The van der Waals surface area contributed by atoms with Crippen LogP contribution in [0.15, 0.2) is 83.4 Å². The number of oxazole rings is 1. The van der Waals surface area contributed by atoms with Gasteiger partial charge in [-0.3, -0.25) is 4.79 Å². The number of anilines is 3. The summed E-state index contributed by atoms with van der Waals surface area (Å²) < 4.78 is 5.88. The number of carbonyl (C=O) groups excluding carboxylic acids is 1. The summed E-state index contributed by atoms with van der Waals surface area (Å²) in [6, 6.07) is 24.1. The molecule has 4 rings (SSSR count). The Kier molecular flexibility index (Phi) is 6.89. The van der Waals surface area contributed by atoms with E-state index >= 15 is 0 Å². The number of amides is 1. The lowest BCUT2D eigenvalue weighted by atomic mass is 10.0. The number of para-hydroxylation sites is 2. The number of nitrogens with one attached hydrogen (secondary N) is 2. The maximum atomic E-state index is 12.6. The van der Waals surface area contributed by atoms with Crippen molar-refractivity contribution < 1.29 is 9.21 Å². The van der Waals surface area contributed by atoms with E-state index in [9.17, 15) is 4.79 Å². The van der Waals surface area contributed by atoms with E-state index in [2.05, 4.69) is 48.5 Å². The standard InChI is InChI=1S/C28H29N3O2/c1-19(2)21-10-12-22(13-11-21)26-18-29-28(33-26)17-16-27(32)31-25-7-5-4-6-24(25)30-23-14-8-20(3)9-15-23/h4-15,18-19,30H,16-17H2,1-3H3,(H,31,32). The highest BCUT2D eigenvalue weighted by molar-refractivity contribution is 5.94. The van der Waals surface area contributed by atoms with Crippen LogP contribution in [-0.2, 0) is 11.2 Å². The molecule has 4 aromatic rings. The minimum Gasteiger partial charge on any atom is -0.441 e. The van der Waals surface area contributed by atoms with E-state index < -0.39 is 0 Å². The maximum absolute atomic E-state index is 12.6. The minimum absolute atomic E-state index is 0.0887. The summed E-state index contributed by atoms with van der Waals surface area (Å²) in [6.07, 6.45) is 2.44. The van der Waals surface area contributed by atoms with Gasteiger partial charge >= 0.3 is 0 Å². The summed E-state index contributed by atoms with van der Waals surface area (Å²) in [7, 11) is 0. The monoisotopic (exact) mass is 439 g/mol. The number of carbonyl (C=O) groups is 1. The lowest BCUT2D eigenvalue weighted by Gasteiger charge is -2.13. The third kappa shape index (κ3) is 5.89. The maximum Gasteiger partial charge on any atom is 0.224 e. The lowest BCUT2D eigenvalue weighted by molar-refractivity contribution is -0.116. The molecule has 0 unspecified atom stereocenters. The number of rotatable bonds is 8. The van der Waals surface area contributed by atoms with Crippen LogP contribution in [-0.4, -0.2) is 10.9 Å². The van der Waals surface area contributed by atoms with E-state index in [0.29, 0.717) is 24.0 Å². The molecule has 33 heavy (non-hydrogen) atoms. The van der Waals surface area contributed by atoms with Gasteiger partial charge in [-0.15, -0.1) is 0 Å². The zero-order chi connectivity index (χ0) is 23.2. The van der Waals surface area contributed by atoms with Crippen molar-refractivity contribution in [1.29, 1.82) is 0 Å². The predicted molar refractivity (Wildman–Crippen MR) is 134 cm³/mol. The van der Waals surface area contributed by atoms with Gasteiger partial charge in [0.25, 0.3) is 0 Å². The summed E-state index contributed by atoms with van der Waals surface area (Å²) in [6.45, 7) is 6.39. The zero-order valence-corrected chi connectivity index (χ0v) is 19.3. The van der Waals surface area contributed by atoms with E-state index in [0.717, 1.165) is 22.6 Å². The molecule has 2 N–H and O–H groups in total. The number of aryl methyl sites for hydroxylation is 2. The smallest absolute Gasteiger partial charge is 0.224 e. The summed E-state index contributed by atoms with van der Waals surface area (Å²) in [4.78, 5) is 17.0. The summed E-state index contributed by atoms with van der Waals surface area (Å²) in [5.74, 6) is 1.67. The summed E-state index contributed by atoms with van der Waals surface area (Å²) >= 11 is 0. The SMILES string of the molecule is Cc1ccc(Nc2ccccc2NC(=O)CCc2ncc(-c3ccc(C(C)C)cc3)o2)cc1. The number of benzene rings is 3. The van der Waals surface area contributed by atoms with Crippen LogP contribution in [0.3, 0.4) is 0 Å². The van der Waals surface area contributed by atoms with Crippen LogP contribution in [0.1, 0.15) is 43.2 Å². The first-order valence-electron chi connectivity index (χ1n) is 11.3. The average molecular weight is 440 g/mol. The molecule has 0 bridgehead atoms. The largest absolute Gasteiger partial charge is 0.441 e. The second-order valence-corrected chi connectivity index (χ2v) is 8.48. The molecule has 1 heterocycles. The molecule has 1 aromatic heterocycles. The van der Waals surface area contributed by atoms with E-state index in [1.807, 2.05) is 60.7 Å².